The third-order valence-corrected chi connectivity index (χ3v) is 15.7. The molecule has 0 radical (unpaired) electrons. The van der Waals surface area contributed by atoms with Gasteiger partial charge in [0.1, 0.15) is 30.3 Å². The highest BCUT2D eigenvalue weighted by molar-refractivity contribution is 7.97. The van der Waals surface area contributed by atoms with Crippen molar-refractivity contribution in [3.63, 3.8) is 0 Å². The summed E-state index contributed by atoms with van der Waals surface area (Å²) in [5.41, 5.74) is 1.95. The number of benzene rings is 1. The fourth-order valence-electron chi connectivity index (χ4n) is 10.8. The maximum atomic E-state index is 15.9. The van der Waals surface area contributed by atoms with Crippen molar-refractivity contribution in [2.45, 2.75) is 127 Å². The Balaban J connectivity index is 0.990. The van der Waals surface area contributed by atoms with Crippen molar-refractivity contribution in [2.24, 2.45) is 21.3 Å². The van der Waals surface area contributed by atoms with Crippen LogP contribution in [0.2, 0.25) is 0 Å². The van der Waals surface area contributed by atoms with Crippen LogP contribution in [0, 0.1) is 24.1 Å². The van der Waals surface area contributed by atoms with Gasteiger partial charge in [0.15, 0.2) is 0 Å². The highest BCUT2D eigenvalue weighted by Crippen LogP contribution is 2.49. The first-order chi connectivity index (χ1) is 29.9. The summed E-state index contributed by atoms with van der Waals surface area (Å²) in [4.78, 5) is 77.6. The number of allylic oxidation sites excluding steroid dienone is 1. The molecule has 62 heavy (non-hydrogen) atoms. The Labute approximate surface area is 371 Å². The molecule has 5 atom stereocenters. The van der Waals surface area contributed by atoms with E-state index in [0.29, 0.717) is 40.8 Å². The van der Waals surface area contributed by atoms with Crippen LogP contribution in [0.1, 0.15) is 106 Å². The summed E-state index contributed by atoms with van der Waals surface area (Å²) >= 11 is 2.04. The van der Waals surface area contributed by atoms with E-state index in [0.717, 1.165) is 120 Å². The maximum absolute atomic E-state index is 15.9. The molecular weight excluding hydrogens is 808 g/mol. The molecule has 1 spiro atoms. The van der Waals surface area contributed by atoms with E-state index >= 15 is 4.39 Å². The van der Waals surface area contributed by atoms with Crippen molar-refractivity contribution in [3.8, 4) is 0 Å². The summed E-state index contributed by atoms with van der Waals surface area (Å²) in [5, 5.41) is 3.04. The molecule has 1 aromatic carbocycles. The second kappa shape index (κ2) is 21.9. The number of anilines is 1. The summed E-state index contributed by atoms with van der Waals surface area (Å²) in [5.74, 6) is -0.377. The predicted octanol–water partition coefficient (Wildman–Crippen LogP) is 6.01. The highest BCUT2D eigenvalue weighted by atomic mass is 32.2. The molecule has 3 aliphatic heterocycles. The lowest BCUT2D eigenvalue weighted by molar-refractivity contribution is -0.131. The number of nitrogens with one attached hydrogen (secondary N) is 1. The van der Waals surface area contributed by atoms with E-state index in [1.54, 1.807) is 25.3 Å². The van der Waals surface area contributed by atoms with Gasteiger partial charge in [0, 0.05) is 81.4 Å². The Hall–Kier alpha value is -4.21. The minimum atomic E-state index is -1.17. The van der Waals surface area contributed by atoms with Gasteiger partial charge in [-0.3, -0.25) is 38.4 Å². The van der Waals surface area contributed by atoms with Crippen molar-refractivity contribution in [1.29, 1.82) is 0 Å². The zero-order chi connectivity index (χ0) is 44.4. The average molecular weight is 875 g/mol. The van der Waals surface area contributed by atoms with Gasteiger partial charge < -0.3 is 24.8 Å². The van der Waals surface area contributed by atoms with E-state index in [9.17, 15) is 24.0 Å². The number of likely N-dealkylation sites (N-methyl/N-ethyl adjacent to an activating group) is 2. The molecule has 5 fully saturated rings. The zero-order valence-corrected chi connectivity index (χ0v) is 38.0. The molecule has 2 saturated carbocycles. The fraction of sp³-hybridized carbons (Fsp3) is 0.638. The van der Waals surface area contributed by atoms with E-state index in [1.165, 1.54) is 32.0 Å². The maximum Gasteiger partial charge on any atom is 0.261 e. The third kappa shape index (κ3) is 11.1. The van der Waals surface area contributed by atoms with Gasteiger partial charge in [-0.2, -0.15) is 0 Å². The topological polar surface area (TPSA) is 138 Å². The number of imide groups is 1. The number of carbonyl (C=O) groups excluding carboxylic acids is 5. The number of halogens is 1. The van der Waals surface area contributed by atoms with Gasteiger partial charge in [0.25, 0.3) is 5.91 Å². The lowest BCUT2D eigenvalue weighted by Crippen LogP contribution is -2.48. The Bertz CT molecular complexity index is 1880. The molecule has 15 heteroatoms. The zero-order valence-electron chi connectivity index (χ0n) is 37.2. The van der Waals surface area contributed by atoms with E-state index in [2.05, 4.69) is 50.0 Å². The predicted molar refractivity (Wildman–Crippen MR) is 245 cm³/mol. The summed E-state index contributed by atoms with van der Waals surface area (Å²) in [6.07, 6.45) is 18.9. The fourth-order valence-corrected chi connectivity index (χ4v) is 12.0. The first-order valence-electron chi connectivity index (χ1n) is 22.7. The van der Waals surface area contributed by atoms with Crippen molar-refractivity contribution >= 4 is 61.0 Å². The number of piperidine rings is 2. The SMILES string of the molecule is C=N/C=C(/C=C\C=O)C(=NC1CCN(SC2CCN(C3CCC4(CCN(c5cc(C)c(C(=O)N(C=O)C(CCC=O)C(=O)NC)cc5F)C4)C3)CC2)CC1)N(C)C1CCCC1C. The van der Waals surface area contributed by atoms with Crippen LogP contribution in [0.5, 0.6) is 0 Å². The minimum absolute atomic E-state index is 0.00723. The number of aldehydes is 2. The molecule has 0 aromatic heterocycles. The van der Waals surface area contributed by atoms with Crippen LogP contribution in [0.4, 0.5) is 10.1 Å². The normalized spacial score (nSPS) is 26.3. The first kappa shape index (κ1) is 47.3. The molecule has 1 aromatic rings. The van der Waals surface area contributed by atoms with Gasteiger partial charge in [0.2, 0.25) is 12.3 Å². The van der Waals surface area contributed by atoms with Crippen LogP contribution in [0.25, 0.3) is 0 Å². The molecule has 5 aliphatic rings. The number of likely N-dealkylation sites (tertiary alicyclic amines) is 1. The van der Waals surface area contributed by atoms with Crippen LogP contribution in [0.15, 0.2) is 46.0 Å². The second-order valence-corrected chi connectivity index (χ2v) is 19.6. The number of rotatable bonds is 17. The molecule has 6 rings (SSSR count). The standard InChI is InChI=1S/C47H67FN8O5S/c1-33-9-6-11-41(33)52(5)44(35(30-49-3)10-7-25-57)51-36-14-22-55(23-15-36)62-38-16-20-53(21-17-38)37-13-18-47(29-37)19-24-54(31-47)43-27-34(2)39(28-40(43)48)46(61)56(32-59)42(12-8-26-58)45(60)50-4/h7,10,25-28,30,32-33,36-38,41-42H,3,6,8-9,11-24,29,31H2,1-2,4-5H3,(H,50,60)/b10-7-,35-30-,51-44?. The lowest BCUT2D eigenvalue weighted by atomic mass is 9.85. The number of amides is 3. The van der Waals surface area contributed by atoms with E-state index in [4.69, 9.17) is 4.99 Å². The molecular formula is C47H67FN8O5S. The summed E-state index contributed by atoms with van der Waals surface area (Å²) in [6.45, 7) is 13.4. The van der Waals surface area contributed by atoms with Crippen molar-refractivity contribution in [2.75, 3.05) is 58.3 Å². The number of hydrogen-bond donors (Lipinski definition) is 1. The quantitative estimate of drug-likeness (QED) is 0.0495. The van der Waals surface area contributed by atoms with Gasteiger partial charge in [0.05, 0.1) is 11.7 Å². The molecule has 3 saturated heterocycles. The van der Waals surface area contributed by atoms with Crippen molar-refractivity contribution < 1.29 is 28.4 Å². The first-order valence-corrected chi connectivity index (χ1v) is 23.5. The molecule has 13 nitrogen and oxygen atoms in total. The van der Waals surface area contributed by atoms with Crippen molar-refractivity contribution in [3.05, 3.63) is 53.0 Å². The number of aliphatic imine (C=N–C) groups is 2. The monoisotopic (exact) mass is 874 g/mol. The number of aryl methyl sites for hydroxylation is 1. The Morgan fingerprint density at radius 1 is 1.05 bits per heavy atom. The van der Waals surface area contributed by atoms with E-state index < -0.39 is 23.7 Å². The Morgan fingerprint density at radius 2 is 1.81 bits per heavy atom. The minimum Gasteiger partial charge on any atom is -0.369 e. The summed E-state index contributed by atoms with van der Waals surface area (Å²) < 4.78 is 18.4. The highest BCUT2D eigenvalue weighted by Gasteiger charge is 2.46. The van der Waals surface area contributed by atoms with Gasteiger partial charge in [-0.15, -0.1) is 0 Å². The summed E-state index contributed by atoms with van der Waals surface area (Å²) in [6, 6.07) is 2.85. The molecule has 3 heterocycles. The molecule has 1 N–H and O–H groups in total. The van der Waals surface area contributed by atoms with Crippen LogP contribution >= 0.6 is 11.9 Å². The van der Waals surface area contributed by atoms with Crippen molar-refractivity contribution in [1.82, 2.24) is 24.3 Å². The van der Waals surface area contributed by atoms with Gasteiger partial charge in [-0.25, -0.2) is 4.39 Å². The molecule has 5 unspecified atom stereocenters. The molecule has 2 aliphatic carbocycles. The summed E-state index contributed by atoms with van der Waals surface area (Å²) in [7, 11) is 3.53. The lowest BCUT2D eigenvalue weighted by Gasteiger charge is -2.39. The second-order valence-electron chi connectivity index (χ2n) is 18.2. The van der Waals surface area contributed by atoms with Gasteiger partial charge in [-0.05, 0) is 139 Å². The van der Waals surface area contributed by atoms with Gasteiger partial charge in [-0.1, -0.05) is 25.3 Å². The van der Waals surface area contributed by atoms with Crippen LogP contribution < -0.4 is 10.2 Å². The van der Waals surface area contributed by atoms with E-state index in [-0.39, 0.29) is 36.3 Å². The Morgan fingerprint density at radius 3 is 2.45 bits per heavy atom. The average Bonchev–Trinajstić information content (AvgIpc) is 4.03. The molecule has 338 valence electrons. The number of carbonyl (C=O) groups is 5. The molecule has 3 amide bonds. The molecule has 0 bridgehead atoms. The third-order valence-electron chi connectivity index (χ3n) is 14.3. The van der Waals surface area contributed by atoms with Crippen LogP contribution in [-0.4, -0.2) is 145 Å². The number of amidine groups is 1. The number of nitrogens with zero attached hydrogens (tertiary/aromatic N) is 7. The Kier molecular flexibility index (Phi) is 16.7. The van der Waals surface area contributed by atoms with Gasteiger partial charge >= 0.3 is 0 Å². The van der Waals surface area contributed by atoms with Crippen LogP contribution in [0.3, 0.4) is 0 Å². The van der Waals surface area contributed by atoms with E-state index in [1.807, 2.05) is 11.9 Å². The largest absolute Gasteiger partial charge is 0.369 e. The van der Waals surface area contributed by atoms with Crippen LogP contribution in [-0.2, 0) is 19.2 Å². The number of hydrogen-bond acceptors (Lipinski definition) is 11. The smallest absolute Gasteiger partial charge is 0.261 e.